The first-order valence-corrected chi connectivity index (χ1v) is 5.03. The molecule has 2 aromatic rings. The molecule has 0 unspecified atom stereocenters. The van der Waals surface area contributed by atoms with Crippen molar-refractivity contribution in [2.75, 3.05) is 0 Å². The Morgan fingerprint density at radius 3 is 1.20 bits per heavy atom. The fraction of sp³-hybridized carbons (Fsp3) is 0.143. The minimum Gasteiger partial charge on any atom is -0.0622 e. The van der Waals surface area contributed by atoms with Crippen LogP contribution in [0.3, 0.4) is 0 Å². The normalized spacial score (nSPS) is 9.33. The van der Waals surface area contributed by atoms with Gasteiger partial charge in [-0.1, -0.05) is 60.7 Å². The van der Waals surface area contributed by atoms with E-state index in [2.05, 4.69) is 60.7 Å². The van der Waals surface area contributed by atoms with Crippen LogP contribution in [-0.2, 0) is 12.8 Å². The summed E-state index contributed by atoms with van der Waals surface area (Å²) < 4.78 is 0. The second-order valence-electron chi connectivity index (χ2n) is 3.47. The maximum Gasteiger partial charge on any atom is -0.0238 e. The van der Waals surface area contributed by atoms with Crippen molar-refractivity contribution in [3.63, 3.8) is 0 Å². The third-order valence-electron chi connectivity index (χ3n) is 2.39. The van der Waals surface area contributed by atoms with E-state index in [-0.39, 0.29) is 37.7 Å². The SMILES string of the molecule is [CaH2].c1ccc(CCc2ccccc2)cc1. The van der Waals surface area contributed by atoms with Gasteiger partial charge in [0.1, 0.15) is 0 Å². The van der Waals surface area contributed by atoms with Gasteiger partial charge in [0.2, 0.25) is 0 Å². The van der Waals surface area contributed by atoms with Crippen LogP contribution in [0.1, 0.15) is 11.1 Å². The second kappa shape index (κ2) is 7.05. The van der Waals surface area contributed by atoms with E-state index in [0.717, 1.165) is 12.8 Å². The summed E-state index contributed by atoms with van der Waals surface area (Å²) in [6.07, 6.45) is 2.26. The number of hydrogen-bond donors (Lipinski definition) is 0. The zero-order chi connectivity index (χ0) is 9.64. The van der Waals surface area contributed by atoms with Gasteiger partial charge in [0.25, 0.3) is 0 Å². The molecule has 0 fully saturated rings. The summed E-state index contributed by atoms with van der Waals surface area (Å²) in [5, 5.41) is 0. The van der Waals surface area contributed by atoms with Gasteiger partial charge in [0, 0.05) is 0 Å². The molecule has 0 saturated carbocycles. The first-order chi connectivity index (χ1) is 6.95. The predicted molar refractivity (Wildman–Crippen MR) is 68.8 cm³/mol. The molecule has 1 heteroatoms. The molecule has 15 heavy (non-hydrogen) atoms. The largest absolute Gasteiger partial charge is 0.0622 e. The molecule has 0 atom stereocenters. The van der Waals surface area contributed by atoms with Crippen LogP contribution in [0.4, 0.5) is 0 Å². The smallest absolute Gasteiger partial charge is 0.0238 e. The number of aryl methyl sites for hydroxylation is 2. The molecule has 0 radical (unpaired) electrons. The first kappa shape index (κ1) is 12.8. The zero-order valence-corrected chi connectivity index (χ0v) is 8.19. The molecule has 0 N–H and O–H groups in total. The molecule has 74 valence electrons. The van der Waals surface area contributed by atoms with E-state index in [0.29, 0.717) is 0 Å². The van der Waals surface area contributed by atoms with Gasteiger partial charge in [0.05, 0.1) is 0 Å². The Bertz CT molecular complexity index is 328. The van der Waals surface area contributed by atoms with Crippen LogP contribution < -0.4 is 0 Å². The summed E-state index contributed by atoms with van der Waals surface area (Å²) in [6.45, 7) is 0. The zero-order valence-electron chi connectivity index (χ0n) is 8.19. The van der Waals surface area contributed by atoms with E-state index in [1.165, 1.54) is 11.1 Å². The fourth-order valence-electron chi connectivity index (χ4n) is 1.58. The molecular weight excluding hydrogens is 208 g/mol. The summed E-state index contributed by atoms with van der Waals surface area (Å²) >= 11 is 0. The number of rotatable bonds is 3. The van der Waals surface area contributed by atoms with Crippen LogP contribution in [0.5, 0.6) is 0 Å². The molecule has 0 aliphatic rings. The van der Waals surface area contributed by atoms with Gasteiger partial charge in [-0.25, -0.2) is 0 Å². The first-order valence-electron chi connectivity index (χ1n) is 5.03. The third-order valence-corrected chi connectivity index (χ3v) is 2.39. The van der Waals surface area contributed by atoms with E-state index in [9.17, 15) is 0 Å². The minimum atomic E-state index is 0. The van der Waals surface area contributed by atoms with Gasteiger partial charge in [-0.15, -0.1) is 0 Å². The molecule has 2 aromatic carbocycles. The van der Waals surface area contributed by atoms with Crippen molar-refractivity contribution in [1.29, 1.82) is 0 Å². The van der Waals surface area contributed by atoms with Crippen LogP contribution >= 0.6 is 0 Å². The van der Waals surface area contributed by atoms with Gasteiger partial charge in [-0.2, -0.15) is 0 Å². The Hall–Kier alpha value is -0.300. The standard InChI is InChI=1S/C14H14.Ca.2H/c1-3-7-13(8-4-1)11-12-14-9-5-2-6-10-14;;;/h1-10H,11-12H2;;;. The number of benzene rings is 2. The topological polar surface area (TPSA) is 0 Å². The summed E-state index contributed by atoms with van der Waals surface area (Å²) in [7, 11) is 0. The molecule has 0 amide bonds. The Morgan fingerprint density at radius 1 is 0.533 bits per heavy atom. The van der Waals surface area contributed by atoms with Crippen LogP contribution in [0.2, 0.25) is 0 Å². The van der Waals surface area contributed by atoms with Crippen molar-refractivity contribution in [2.45, 2.75) is 12.8 Å². The van der Waals surface area contributed by atoms with Crippen molar-refractivity contribution in [3.05, 3.63) is 71.8 Å². The molecule has 0 saturated heterocycles. The maximum atomic E-state index is 2.18. The van der Waals surface area contributed by atoms with Crippen LogP contribution in [0, 0.1) is 0 Å². The monoisotopic (exact) mass is 224 g/mol. The second-order valence-corrected chi connectivity index (χ2v) is 3.47. The van der Waals surface area contributed by atoms with Crippen molar-refractivity contribution >= 4 is 37.7 Å². The minimum absolute atomic E-state index is 0. The Kier molecular flexibility index (Phi) is 6.00. The maximum absolute atomic E-state index is 2.18. The van der Waals surface area contributed by atoms with Crippen molar-refractivity contribution in [2.24, 2.45) is 0 Å². The Balaban J connectivity index is 0.00000112. The Labute approximate surface area is 121 Å². The van der Waals surface area contributed by atoms with E-state index >= 15 is 0 Å². The van der Waals surface area contributed by atoms with E-state index in [1.807, 2.05) is 0 Å². The summed E-state index contributed by atoms with van der Waals surface area (Å²) in [6, 6.07) is 21.2. The summed E-state index contributed by atoms with van der Waals surface area (Å²) in [4.78, 5) is 0. The fourth-order valence-corrected chi connectivity index (χ4v) is 1.58. The molecular formula is C14H16Ca. The van der Waals surface area contributed by atoms with Crippen LogP contribution in [0.25, 0.3) is 0 Å². The van der Waals surface area contributed by atoms with Crippen LogP contribution in [-0.4, -0.2) is 37.7 Å². The summed E-state index contributed by atoms with van der Waals surface area (Å²) in [5.74, 6) is 0. The molecule has 0 spiro atoms. The van der Waals surface area contributed by atoms with Gasteiger partial charge < -0.3 is 0 Å². The molecule has 0 aliphatic carbocycles. The predicted octanol–water partition coefficient (Wildman–Crippen LogP) is 2.56. The van der Waals surface area contributed by atoms with Gasteiger partial charge >= 0.3 is 37.7 Å². The van der Waals surface area contributed by atoms with Gasteiger partial charge in [-0.05, 0) is 24.0 Å². The van der Waals surface area contributed by atoms with Crippen LogP contribution in [0.15, 0.2) is 60.7 Å². The molecule has 0 aromatic heterocycles. The Morgan fingerprint density at radius 2 is 0.867 bits per heavy atom. The molecule has 0 bridgehead atoms. The summed E-state index contributed by atoms with van der Waals surface area (Å²) in [5.41, 5.74) is 2.83. The quantitative estimate of drug-likeness (QED) is 0.703. The third kappa shape index (κ3) is 4.38. The van der Waals surface area contributed by atoms with E-state index in [1.54, 1.807) is 0 Å². The van der Waals surface area contributed by atoms with Gasteiger partial charge in [0.15, 0.2) is 0 Å². The number of hydrogen-bond acceptors (Lipinski definition) is 0. The molecule has 0 aliphatic heterocycles. The van der Waals surface area contributed by atoms with Crippen molar-refractivity contribution in [1.82, 2.24) is 0 Å². The average Bonchev–Trinajstić information content (AvgIpc) is 2.29. The van der Waals surface area contributed by atoms with E-state index < -0.39 is 0 Å². The van der Waals surface area contributed by atoms with Crippen molar-refractivity contribution in [3.8, 4) is 0 Å². The molecule has 0 nitrogen and oxygen atoms in total. The molecule has 2 rings (SSSR count). The van der Waals surface area contributed by atoms with Gasteiger partial charge in [-0.3, -0.25) is 0 Å². The van der Waals surface area contributed by atoms with E-state index in [4.69, 9.17) is 0 Å². The average molecular weight is 224 g/mol. The molecule has 0 heterocycles. The van der Waals surface area contributed by atoms with Crippen molar-refractivity contribution < 1.29 is 0 Å².